The van der Waals surface area contributed by atoms with Crippen molar-refractivity contribution in [3.8, 4) is 0 Å². The van der Waals surface area contributed by atoms with E-state index in [0.29, 0.717) is 17.4 Å². The van der Waals surface area contributed by atoms with Crippen molar-refractivity contribution in [3.05, 3.63) is 0 Å². The molecule has 2 atom stereocenters. The Kier molecular flexibility index (Phi) is 8.46. The molecule has 3 N–H and O–H groups in total. The average Bonchev–Trinajstić information content (AvgIpc) is 2.84. The molecule has 0 bridgehead atoms. The number of aliphatic hydroxyl groups excluding tert-OH is 1. The summed E-state index contributed by atoms with van der Waals surface area (Å²) >= 11 is 0. The summed E-state index contributed by atoms with van der Waals surface area (Å²) in [5, 5.41) is 16.8. The highest BCUT2D eigenvalue weighted by atomic mass is 127. The largest absolute Gasteiger partial charge is 0.393 e. The van der Waals surface area contributed by atoms with E-state index in [1.54, 1.807) is 0 Å². The third-order valence-electron chi connectivity index (χ3n) is 5.13. The second-order valence-electron chi connectivity index (χ2n) is 7.56. The molecule has 0 aliphatic heterocycles. The van der Waals surface area contributed by atoms with E-state index in [9.17, 15) is 5.11 Å². The second-order valence-corrected chi connectivity index (χ2v) is 7.56. The van der Waals surface area contributed by atoms with Crippen LogP contribution in [0.2, 0.25) is 0 Å². The minimum Gasteiger partial charge on any atom is -0.393 e. The number of rotatable bonds is 4. The molecule has 0 saturated heterocycles. The zero-order valence-corrected chi connectivity index (χ0v) is 16.7. The van der Waals surface area contributed by atoms with Crippen molar-refractivity contribution in [1.29, 1.82) is 0 Å². The smallest absolute Gasteiger partial charge is 0.191 e. The van der Waals surface area contributed by atoms with Gasteiger partial charge in [0, 0.05) is 25.0 Å². The lowest BCUT2D eigenvalue weighted by molar-refractivity contribution is 0.136. The highest BCUT2D eigenvalue weighted by Gasteiger charge is 2.28. The molecule has 0 radical (unpaired) electrons. The summed E-state index contributed by atoms with van der Waals surface area (Å²) in [7, 11) is 0. The topological polar surface area (TPSA) is 56.7 Å². The maximum atomic E-state index is 9.90. The Morgan fingerprint density at radius 1 is 1.18 bits per heavy atom. The first-order valence-corrected chi connectivity index (χ1v) is 8.73. The summed E-state index contributed by atoms with van der Waals surface area (Å²) < 4.78 is 0. The van der Waals surface area contributed by atoms with Gasteiger partial charge in [0.2, 0.25) is 0 Å². The van der Waals surface area contributed by atoms with Gasteiger partial charge in [-0.05, 0) is 50.9 Å². The van der Waals surface area contributed by atoms with Crippen molar-refractivity contribution in [1.82, 2.24) is 10.6 Å². The maximum Gasteiger partial charge on any atom is 0.191 e. The van der Waals surface area contributed by atoms with Crippen LogP contribution in [0.15, 0.2) is 4.99 Å². The summed E-state index contributed by atoms with van der Waals surface area (Å²) in [6.07, 6.45) is 8.07. The number of nitrogens with one attached hydrogen (secondary N) is 2. The lowest BCUT2D eigenvalue weighted by Gasteiger charge is -2.35. The first kappa shape index (κ1) is 20.0. The molecule has 0 amide bonds. The van der Waals surface area contributed by atoms with Crippen LogP contribution in [0.25, 0.3) is 0 Å². The van der Waals surface area contributed by atoms with Crippen molar-refractivity contribution in [2.24, 2.45) is 16.3 Å². The quantitative estimate of drug-likeness (QED) is 0.370. The molecule has 0 spiro atoms. The van der Waals surface area contributed by atoms with Gasteiger partial charge in [0.15, 0.2) is 5.96 Å². The normalized spacial score (nSPS) is 29.0. The lowest BCUT2D eigenvalue weighted by atomic mass is 9.75. The van der Waals surface area contributed by atoms with Crippen LogP contribution in [0.1, 0.15) is 65.7 Å². The standard InChI is InChI=1S/C17H33N3O.HI/c1-4-18-16(19-12-13-6-5-7-15(13)21)20-14-8-10-17(2,3)11-9-14;/h13-15,21H,4-12H2,1-3H3,(H2,18,19,20);1H. The van der Waals surface area contributed by atoms with Gasteiger partial charge in [-0.3, -0.25) is 4.99 Å². The first-order chi connectivity index (χ1) is 10.00. The Balaban J connectivity index is 0.00000242. The van der Waals surface area contributed by atoms with Crippen LogP contribution in [0.3, 0.4) is 0 Å². The van der Waals surface area contributed by atoms with E-state index >= 15 is 0 Å². The van der Waals surface area contributed by atoms with Crippen molar-refractivity contribution < 1.29 is 5.11 Å². The Morgan fingerprint density at radius 3 is 2.41 bits per heavy atom. The zero-order chi connectivity index (χ0) is 15.3. The Bertz CT molecular complexity index is 350. The fourth-order valence-electron chi connectivity index (χ4n) is 3.50. The Morgan fingerprint density at radius 2 is 1.86 bits per heavy atom. The fraction of sp³-hybridized carbons (Fsp3) is 0.941. The minimum atomic E-state index is -0.146. The second kappa shape index (κ2) is 9.30. The third-order valence-corrected chi connectivity index (χ3v) is 5.13. The highest BCUT2D eigenvalue weighted by molar-refractivity contribution is 14.0. The maximum absolute atomic E-state index is 9.90. The van der Waals surface area contributed by atoms with E-state index in [2.05, 4.69) is 31.4 Å². The molecular formula is C17H34IN3O. The summed E-state index contributed by atoms with van der Waals surface area (Å²) in [6, 6.07) is 0.546. The van der Waals surface area contributed by atoms with E-state index in [4.69, 9.17) is 4.99 Å². The molecule has 0 aromatic heterocycles. The third kappa shape index (κ3) is 6.22. The molecule has 2 aliphatic carbocycles. The monoisotopic (exact) mass is 423 g/mol. The SMILES string of the molecule is CCNC(=NCC1CCCC1O)NC1CCC(C)(C)CC1.I. The van der Waals surface area contributed by atoms with Gasteiger partial charge in [-0.2, -0.15) is 0 Å². The van der Waals surface area contributed by atoms with E-state index in [-0.39, 0.29) is 30.1 Å². The molecular weight excluding hydrogens is 389 g/mol. The lowest BCUT2D eigenvalue weighted by Crippen LogP contribution is -2.45. The summed E-state index contributed by atoms with van der Waals surface area (Å²) in [6.45, 7) is 8.46. The van der Waals surface area contributed by atoms with Gasteiger partial charge in [0.1, 0.15) is 0 Å². The number of aliphatic hydroxyl groups is 1. The molecule has 0 aromatic carbocycles. The molecule has 2 fully saturated rings. The summed E-state index contributed by atoms with van der Waals surface area (Å²) in [4.78, 5) is 4.71. The predicted molar refractivity (Wildman–Crippen MR) is 104 cm³/mol. The Hall–Kier alpha value is -0.0400. The molecule has 5 heteroatoms. The van der Waals surface area contributed by atoms with Crippen LogP contribution >= 0.6 is 24.0 Å². The van der Waals surface area contributed by atoms with Crippen LogP contribution < -0.4 is 10.6 Å². The van der Waals surface area contributed by atoms with E-state index < -0.39 is 0 Å². The molecule has 2 rings (SSSR count). The average molecular weight is 423 g/mol. The molecule has 0 aromatic rings. The van der Waals surface area contributed by atoms with Crippen molar-refractivity contribution in [2.45, 2.75) is 77.9 Å². The highest BCUT2D eigenvalue weighted by Crippen LogP contribution is 2.35. The first-order valence-electron chi connectivity index (χ1n) is 8.73. The Labute approximate surface area is 152 Å². The van der Waals surface area contributed by atoms with E-state index in [0.717, 1.165) is 38.3 Å². The van der Waals surface area contributed by atoms with Gasteiger partial charge >= 0.3 is 0 Å². The number of halogens is 1. The molecule has 2 aliphatic rings. The predicted octanol–water partition coefficient (Wildman–Crippen LogP) is 3.29. The van der Waals surface area contributed by atoms with Gasteiger partial charge in [-0.15, -0.1) is 24.0 Å². The summed E-state index contributed by atoms with van der Waals surface area (Å²) in [5.41, 5.74) is 0.502. The number of hydrogen-bond donors (Lipinski definition) is 3. The van der Waals surface area contributed by atoms with Crippen LogP contribution in [0.5, 0.6) is 0 Å². The summed E-state index contributed by atoms with van der Waals surface area (Å²) in [5.74, 6) is 1.28. The van der Waals surface area contributed by atoms with Gasteiger partial charge in [0.05, 0.1) is 6.10 Å². The molecule has 2 unspecified atom stereocenters. The fourth-order valence-corrected chi connectivity index (χ4v) is 3.50. The minimum absolute atomic E-state index is 0. The van der Waals surface area contributed by atoms with Crippen molar-refractivity contribution >= 4 is 29.9 Å². The number of guanidine groups is 1. The van der Waals surface area contributed by atoms with Crippen LogP contribution in [-0.2, 0) is 0 Å². The van der Waals surface area contributed by atoms with Crippen LogP contribution in [-0.4, -0.2) is 36.3 Å². The molecule has 2 saturated carbocycles. The number of nitrogens with zero attached hydrogens (tertiary/aromatic N) is 1. The van der Waals surface area contributed by atoms with E-state index in [1.807, 2.05) is 0 Å². The van der Waals surface area contributed by atoms with Crippen LogP contribution in [0.4, 0.5) is 0 Å². The van der Waals surface area contributed by atoms with Gasteiger partial charge < -0.3 is 15.7 Å². The number of hydrogen-bond acceptors (Lipinski definition) is 2. The molecule has 22 heavy (non-hydrogen) atoms. The molecule has 4 nitrogen and oxygen atoms in total. The van der Waals surface area contributed by atoms with Crippen molar-refractivity contribution in [2.75, 3.05) is 13.1 Å². The number of aliphatic imine (C=N–C) groups is 1. The van der Waals surface area contributed by atoms with Crippen molar-refractivity contribution in [3.63, 3.8) is 0 Å². The van der Waals surface area contributed by atoms with E-state index in [1.165, 1.54) is 25.7 Å². The molecule has 130 valence electrons. The van der Waals surface area contributed by atoms with Crippen LogP contribution in [0, 0.1) is 11.3 Å². The van der Waals surface area contributed by atoms with Gasteiger partial charge in [-0.1, -0.05) is 20.3 Å². The molecule has 0 heterocycles. The van der Waals surface area contributed by atoms with Gasteiger partial charge in [0.25, 0.3) is 0 Å². The zero-order valence-electron chi connectivity index (χ0n) is 14.4. The van der Waals surface area contributed by atoms with Gasteiger partial charge in [-0.25, -0.2) is 0 Å².